The number of hydrogen-bond acceptors (Lipinski definition) is 5. The average molecular weight is 483 g/mol. The highest BCUT2D eigenvalue weighted by Gasteiger charge is 2.28. The number of carbonyl (C=O) groups is 2. The lowest BCUT2D eigenvalue weighted by molar-refractivity contribution is 0.0606. The Morgan fingerprint density at radius 2 is 1.58 bits per heavy atom. The number of anilines is 1. The normalized spacial score (nSPS) is 17.0. The third-order valence-corrected chi connectivity index (χ3v) is 6.47. The van der Waals surface area contributed by atoms with Crippen LogP contribution in [0.4, 0.5) is 10.5 Å². The summed E-state index contributed by atoms with van der Waals surface area (Å²) >= 11 is 0. The van der Waals surface area contributed by atoms with Crippen molar-refractivity contribution in [1.82, 2.24) is 4.90 Å². The van der Waals surface area contributed by atoms with Crippen LogP contribution < -0.4 is 11.1 Å². The molecular weight excluding hydrogens is 452 g/mol. The number of ether oxygens (including phenoxy) is 1. The summed E-state index contributed by atoms with van der Waals surface area (Å²) in [6, 6.07) is 26.0. The van der Waals surface area contributed by atoms with Crippen molar-refractivity contribution in [2.24, 2.45) is 5.73 Å². The monoisotopic (exact) mass is 482 g/mol. The van der Waals surface area contributed by atoms with E-state index in [0.717, 1.165) is 36.8 Å². The second-order valence-electron chi connectivity index (χ2n) is 9.07. The molecule has 1 saturated carbocycles. The SMILES string of the molecule is N#Cc1ccc(C(=O)N(Cc2ccc(NC(=O)OCc3ccccc3)cc2)C2CCC(N)CC2)cc1. The second kappa shape index (κ2) is 12.0. The van der Waals surface area contributed by atoms with Gasteiger partial charge in [-0.15, -0.1) is 0 Å². The van der Waals surface area contributed by atoms with Crippen molar-refractivity contribution >= 4 is 17.7 Å². The van der Waals surface area contributed by atoms with Crippen LogP contribution in [0.3, 0.4) is 0 Å². The van der Waals surface area contributed by atoms with E-state index in [4.69, 9.17) is 15.7 Å². The van der Waals surface area contributed by atoms with Crippen molar-refractivity contribution < 1.29 is 14.3 Å². The number of nitrogens with one attached hydrogen (secondary N) is 1. The van der Waals surface area contributed by atoms with Gasteiger partial charge in [0.15, 0.2) is 0 Å². The molecular formula is C29H30N4O3. The van der Waals surface area contributed by atoms with Gasteiger partial charge in [-0.25, -0.2) is 4.79 Å². The standard InChI is InChI=1S/C29H30N4O3/c30-18-21-6-10-24(11-7-21)28(34)33(27-16-12-25(31)13-17-27)19-22-8-14-26(15-9-22)32-29(35)36-20-23-4-2-1-3-5-23/h1-11,14-15,25,27H,12-13,16-17,19-20,31H2,(H,32,35). The minimum Gasteiger partial charge on any atom is -0.444 e. The average Bonchev–Trinajstić information content (AvgIpc) is 2.92. The summed E-state index contributed by atoms with van der Waals surface area (Å²) in [5.41, 5.74) is 9.67. The number of nitrogens with zero attached hydrogens (tertiary/aromatic N) is 2. The highest BCUT2D eigenvalue weighted by atomic mass is 16.5. The lowest BCUT2D eigenvalue weighted by atomic mass is 9.90. The molecule has 7 nitrogen and oxygen atoms in total. The first-order valence-electron chi connectivity index (χ1n) is 12.1. The molecule has 2 amide bonds. The van der Waals surface area contributed by atoms with Crippen molar-refractivity contribution in [1.29, 1.82) is 5.26 Å². The van der Waals surface area contributed by atoms with E-state index in [9.17, 15) is 9.59 Å². The van der Waals surface area contributed by atoms with Crippen molar-refractivity contribution in [2.45, 2.75) is 50.9 Å². The van der Waals surface area contributed by atoms with Crippen LogP contribution in [-0.2, 0) is 17.9 Å². The van der Waals surface area contributed by atoms with E-state index in [0.29, 0.717) is 23.4 Å². The molecule has 3 aromatic rings. The van der Waals surface area contributed by atoms with E-state index in [-0.39, 0.29) is 24.6 Å². The van der Waals surface area contributed by atoms with Crippen molar-refractivity contribution in [3.63, 3.8) is 0 Å². The molecule has 0 spiro atoms. The maximum atomic E-state index is 13.5. The van der Waals surface area contributed by atoms with Gasteiger partial charge in [0.1, 0.15) is 6.61 Å². The minimum absolute atomic E-state index is 0.0633. The minimum atomic E-state index is -0.525. The number of rotatable bonds is 7. The fourth-order valence-corrected chi connectivity index (χ4v) is 4.40. The summed E-state index contributed by atoms with van der Waals surface area (Å²) in [4.78, 5) is 27.5. The van der Waals surface area contributed by atoms with E-state index in [1.165, 1.54) is 0 Å². The zero-order valence-electron chi connectivity index (χ0n) is 20.1. The van der Waals surface area contributed by atoms with Crippen LogP contribution in [0.15, 0.2) is 78.9 Å². The number of nitriles is 1. The Bertz CT molecular complexity index is 1200. The lowest BCUT2D eigenvalue weighted by Gasteiger charge is -2.36. The maximum Gasteiger partial charge on any atom is 0.411 e. The van der Waals surface area contributed by atoms with Gasteiger partial charge in [0, 0.05) is 29.9 Å². The molecule has 0 radical (unpaired) electrons. The molecule has 0 aliphatic heterocycles. The molecule has 1 aliphatic rings. The molecule has 0 heterocycles. The summed E-state index contributed by atoms with van der Waals surface area (Å²) in [5, 5.41) is 11.8. The van der Waals surface area contributed by atoms with Gasteiger partial charge in [0.2, 0.25) is 0 Å². The summed E-state index contributed by atoms with van der Waals surface area (Å²) in [7, 11) is 0. The van der Waals surface area contributed by atoms with E-state index in [2.05, 4.69) is 11.4 Å². The molecule has 0 saturated heterocycles. The summed E-state index contributed by atoms with van der Waals surface area (Å²) in [6.45, 7) is 0.639. The fourth-order valence-electron chi connectivity index (χ4n) is 4.40. The zero-order valence-corrected chi connectivity index (χ0v) is 20.1. The summed E-state index contributed by atoms with van der Waals surface area (Å²) in [5.74, 6) is -0.0633. The smallest absolute Gasteiger partial charge is 0.411 e. The Labute approximate surface area is 211 Å². The van der Waals surface area contributed by atoms with Crippen molar-refractivity contribution in [3.8, 4) is 6.07 Å². The molecule has 36 heavy (non-hydrogen) atoms. The van der Waals surface area contributed by atoms with E-state index < -0.39 is 6.09 Å². The molecule has 3 aromatic carbocycles. The summed E-state index contributed by atoms with van der Waals surface area (Å²) in [6.07, 6.45) is 2.96. The second-order valence-corrected chi connectivity index (χ2v) is 9.07. The number of carbonyl (C=O) groups excluding carboxylic acids is 2. The molecule has 0 unspecified atom stereocenters. The largest absolute Gasteiger partial charge is 0.444 e. The molecule has 184 valence electrons. The van der Waals surface area contributed by atoms with Gasteiger partial charge in [-0.3, -0.25) is 10.1 Å². The Morgan fingerprint density at radius 1 is 0.917 bits per heavy atom. The highest BCUT2D eigenvalue weighted by molar-refractivity contribution is 5.94. The molecule has 4 rings (SSSR count). The Hall–Kier alpha value is -4.15. The Morgan fingerprint density at radius 3 is 2.22 bits per heavy atom. The molecule has 0 aromatic heterocycles. The first-order chi connectivity index (χ1) is 17.5. The Kier molecular flexibility index (Phi) is 8.32. The van der Waals surface area contributed by atoms with Crippen LogP contribution in [0, 0.1) is 11.3 Å². The highest BCUT2D eigenvalue weighted by Crippen LogP contribution is 2.26. The van der Waals surface area contributed by atoms with Crippen LogP contribution in [0.1, 0.15) is 52.7 Å². The number of nitrogens with two attached hydrogens (primary N) is 1. The molecule has 0 atom stereocenters. The Balaban J connectivity index is 1.41. The molecule has 0 bridgehead atoms. The van der Waals surface area contributed by atoms with Crippen LogP contribution in [0.5, 0.6) is 0 Å². The third kappa shape index (κ3) is 6.71. The molecule has 3 N–H and O–H groups in total. The number of hydrogen-bond donors (Lipinski definition) is 2. The van der Waals surface area contributed by atoms with Crippen LogP contribution in [-0.4, -0.2) is 29.0 Å². The van der Waals surface area contributed by atoms with Gasteiger partial charge in [0.25, 0.3) is 5.91 Å². The van der Waals surface area contributed by atoms with Crippen LogP contribution >= 0.6 is 0 Å². The van der Waals surface area contributed by atoms with Gasteiger partial charge in [0.05, 0.1) is 11.6 Å². The molecule has 1 fully saturated rings. The quantitative estimate of drug-likeness (QED) is 0.480. The first-order valence-corrected chi connectivity index (χ1v) is 12.1. The van der Waals surface area contributed by atoms with Crippen LogP contribution in [0.2, 0.25) is 0 Å². The van der Waals surface area contributed by atoms with E-state index >= 15 is 0 Å². The van der Waals surface area contributed by atoms with Crippen LogP contribution in [0.25, 0.3) is 0 Å². The molecule has 1 aliphatic carbocycles. The van der Waals surface area contributed by atoms with Gasteiger partial charge in [-0.1, -0.05) is 42.5 Å². The lowest BCUT2D eigenvalue weighted by Crippen LogP contribution is -2.43. The topological polar surface area (TPSA) is 108 Å². The van der Waals surface area contributed by atoms with Gasteiger partial charge in [-0.2, -0.15) is 5.26 Å². The van der Waals surface area contributed by atoms with Crippen molar-refractivity contribution in [2.75, 3.05) is 5.32 Å². The first kappa shape index (κ1) is 25.0. The maximum absolute atomic E-state index is 13.5. The van der Waals surface area contributed by atoms with Gasteiger partial charge in [-0.05, 0) is 73.2 Å². The number of benzene rings is 3. The van der Waals surface area contributed by atoms with Crippen molar-refractivity contribution in [3.05, 3.63) is 101 Å². The van der Waals surface area contributed by atoms with E-state index in [1.807, 2.05) is 47.4 Å². The fraction of sp³-hybridized carbons (Fsp3) is 0.276. The third-order valence-electron chi connectivity index (χ3n) is 6.47. The number of amides is 2. The molecule has 7 heteroatoms. The van der Waals surface area contributed by atoms with E-state index in [1.54, 1.807) is 36.4 Å². The predicted molar refractivity (Wildman–Crippen MR) is 138 cm³/mol. The van der Waals surface area contributed by atoms with Gasteiger partial charge < -0.3 is 15.4 Å². The van der Waals surface area contributed by atoms with Gasteiger partial charge >= 0.3 is 6.09 Å². The summed E-state index contributed by atoms with van der Waals surface area (Å²) < 4.78 is 5.28. The predicted octanol–water partition coefficient (Wildman–Crippen LogP) is 5.22. The zero-order chi connectivity index (χ0) is 25.3.